The van der Waals surface area contributed by atoms with Crippen LogP contribution < -0.4 is 16.1 Å². The van der Waals surface area contributed by atoms with Crippen molar-refractivity contribution in [1.82, 2.24) is 9.97 Å². The van der Waals surface area contributed by atoms with Crippen LogP contribution in [0, 0.1) is 0 Å². The average Bonchev–Trinajstić information content (AvgIpc) is 2.38. The molecule has 0 saturated carbocycles. The van der Waals surface area contributed by atoms with Gasteiger partial charge >= 0.3 is 5.69 Å². The fraction of sp³-hybridized carbons (Fsp3) is 0.154. The van der Waals surface area contributed by atoms with Gasteiger partial charge in [-0.05, 0) is 17.7 Å². The molecule has 0 spiro atoms. The molecule has 19 heavy (non-hydrogen) atoms. The lowest BCUT2D eigenvalue weighted by molar-refractivity contribution is 1.03. The molecule has 0 amide bonds. The summed E-state index contributed by atoms with van der Waals surface area (Å²) in [4.78, 5) is 32.8. The van der Waals surface area contributed by atoms with Gasteiger partial charge in [-0.2, -0.15) is 0 Å². The van der Waals surface area contributed by atoms with Crippen molar-refractivity contribution in [2.45, 2.75) is 0 Å². The third kappa shape index (κ3) is 3.19. The molecule has 0 atom stereocenters. The molecule has 98 valence electrons. The van der Waals surface area contributed by atoms with Crippen LogP contribution >= 0.6 is 0 Å². The maximum atomic E-state index is 11.4. The number of benzene rings is 1. The Hall–Kier alpha value is -2.63. The van der Waals surface area contributed by atoms with Crippen LogP contribution in [0.3, 0.4) is 0 Å². The average molecular weight is 258 g/mol. The van der Waals surface area contributed by atoms with Gasteiger partial charge in [0.05, 0.1) is 0 Å². The Kier molecular flexibility index (Phi) is 3.61. The first kappa shape index (κ1) is 12.8. The summed E-state index contributed by atoms with van der Waals surface area (Å²) in [5.74, 6) is 0. The summed E-state index contributed by atoms with van der Waals surface area (Å²) < 4.78 is 0. The number of aliphatic imine (C=N–C) groups is 1. The van der Waals surface area contributed by atoms with Crippen LogP contribution in [0.15, 0.2) is 45.0 Å². The summed E-state index contributed by atoms with van der Waals surface area (Å²) >= 11 is 0. The SMILES string of the molecule is CN(C)c1ccc(C=Nc2c[nH]c(=O)[nH]c2=O)cc1. The van der Waals surface area contributed by atoms with Gasteiger partial charge in [0.15, 0.2) is 0 Å². The first-order valence-electron chi connectivity index (χ1n) is 5.70. The maximum absolute atomic E-state index is 11.4. The molecule has 0 fully saturated rings. The van der Waals surface area contributed by atoms with Gasteiger partial charge in [0.2, 0.25) is 0 Å². The molecule has 0 aliphatic heterocycles. The van der Waals surface area contributed by atoms with Crippen molar-refractivity contribution in [3.8, 4) is 0 Å². The van der Waals surface area contributed by atoms with Crippen LogP contribution in [0.5, 0.6) is 0 Å². The number of hydrogen-bond donors (Lipinski definition) is 2. The molecule has 1 aromatic carbocycles. The zero-order valence-electron chi connectivity index (χ0n) is 10.7. The van der Waals surface area contributed by atoms with Gasteiger partial charge < -0.3 is 9.88 Å². The van der Waals surface area contributed by atoms with Crippen LogP contribution in [0.4, 0.5) is 11.4 Å². The lowest BCUT2D eigenvalue weighted by atomic mass is 10.2. The van der Waals surface area contributed by atoms with Crippen molar-refractivity contribution in [3.05, 3.63) is 56.9 Å². The van der Waals surface area contributed by atoms with Gasteiger partial charge in [0.1, 0.15) is 5.69 Å². The fourth-order valence-electron chi connectivity index (χ4n) is 1.50. The molecule has 0 bridgehead atoms. The van der Waals surface area contributed by atoms with Gasteiger partial charge in [0.25, 0.3) is 5.56 Å². The molecule has 2 aromatic rings. The fourth-order valence-corrected chi connectivity index (χ4v) is 1.50. The Morgan fingerprint density at radius 2 is 1.84 bits per heavy atom. The molecule has 0 aliphatic rings. The van der Waals surface area contributed by atoms with E-state index < -0.39 is 11.2 Å². The van der Waals surface area contributed by atoms with Crippen LogP contribution in [-0.4, -0.2) is 30.3 Å². The van der Waals surface area contributed by atoms with E-state index in [1.54, 1.807) is 6.21 Å². The van der Waals surface area contributed by atoms with E-state index in [2.05, 4.69) is 15.0 Å². The van der Waals surface area contributed by atoms with E-state index in [1.807, 2.05) is 43.3 Å². The molecule has 2 rings (SSSR count). The quantitative estimate of drug-likeness (QED) is 0.802. The van der Waals surface area contributed by atoms with Gasteiger partial charge in [0, 0.05) is 32.2 Å². The van der Waals surface area contributed by atoms with Gasteiger partial charge in [-0.25, -0.2) is 9.79 Å². The number of nitrogens with one attached hydrogen (secondary N) is 2. The zero-order chi connectivity index (χ0) is 13.8. The smallest absolute Gasteiger partial charge is 0.325 e. The molecule has 0 aliphatic carbocycles. The second-order valence-electron chi connectivity index (χ2n) is 4.20. The Labute approximate surface area is 109 Å². The summed E-state index contributed by atoms with van der Waals surface area (Å²) in [6, 6.07) is 7.72. The Morgan fingerprint density at radius 3 is 2.42 bits per heavy atom. The number of anilines is 1. The molecule has 2 N–H and O–H groups in total. The molecule has 1 aromatic heterocycles. The highest BCUT2D eigenvalue weighted by atomic mass is 16.2. The lowest BCUT2D eigenvalue weighted by Gasteiger charge is -2.11. The van der Waals surface area contributed by atoms with Crippen molar-refractivity contribution in [2.24, 2.45) is 4.99 Å². The van der Waals surface area contributed by atoms with Crippen LogP contribution in [0.1, 0.15) is 5.56 Å². The summed E-state index contributed by atoms with van der Waals surface area (Å²) in [6.45, 7) is 0. The minimum atomic E-state index is -0.542. The third-order valence-electron chi connectivity index (χ3n) is 2.56. The first-order valence-corrected chi connectivity index (χ1v) is 5.70. The van der Waals surface area contributed by atoms with Gasteiger partial charge in [-0.15, -0.1) is 0 Å². The molecule has 1 heterocycles. The number of H-pyrrole nitrogens is 2. The van der Waals surface area contributed by atoms with E-state index >= 15 is 0 Å². The molecule has 6 nitrogen and oxygen atoms in total. The highest BCUT2D eigenvalue weighted by molar-refractivity contribution is 5.82. The largest absolute Gasteiger partial charge is 0.378 e. The summed E-state index contributed by atoms with van der Waals surface area (Å²) in [7, 11) is 3.92. The summed E-state index contributed by atoms with van der Waals surface area (Å²) in [6.07, 6.45) is 2.86. The van der Waals surface area contributed by atoms with E-state index in [4.69, 9.17) is 0 Å². The van der Waals surface area contributed by atoms with Gasteiger partial charge in [-0.1, -0.05) is 12.1 Å². The second-order valence-corrected chi connectivity index (χ2v) is 4.20. The zero-order valence-corrected chi connectivity index (χ0v) is 10.7. The highest BCUT2D eigenvalue weighted by Crippen LogP contribution is 2.11. The molecule has 6 heteroatoms. The number of aromatic amines is 2. The van der Waals surface area contributed by atoms with Crippen molar-refractivity contribution < 1.29 is 0 Å². The van der Waals surface area contributed by atoms with E-state index in [-0.39, 0.29) is 5.69 Å². The number of nitrogens with zero attached hydrogens (tertiary/aromatic N) is 2. The predicted octanol–water partition coefficient (Wildman–Crippen LogP) is 0.880. The standard InChI is InChI=1S/C13H14N4O2/c1-17(2)10-5-3-9(4-6-10)7-14-11-8-15-13(19)16-12(11)18/h3-8H,1-2H3,(H2,15,16,18,19). The van der Waals surface area contributed by atoms with Gasteiger partial charge in [-0.3, -0.25) is 9.78 Å². The van der Waals surface area contributed by atoms with Crippen LogP contribution in [0.25, 0.3) is 0 Å². The van der Waals surface area contributed by atoms with E-state index in [0.717, 1.165) is 11.3 Å². The Balaban J connectivity index is 2.23. The monoisotopic (exact) mass is 258 g/mol. The summed E-state index contributed by atoms with van der Waals surface area (Å²) in [5.41, 5.74) is 1.07. The minimum Gasteiger partial charge on any atom is -0.378 e. The van der Waals surface area contributed by atoms with Crippen molar-refractivity contribution in [1.29, 1.82) is 0 Å². The highest BCUT2D eigenvalue weighted by Gasteiger charge is 1.97. The van der Waals surface area contributed by atoms with Crippen molar-refractivity contribution >= 4 is 17.6 Å². The van der Waals surface area contributed by atoms with E-state index in [9.17, 15) is 9.59 Å². The van der Waals surface area contributed by atoms with E-state index in [1.165, 1.54) is 6.20 Å². The minimum absolute atomic E-state index is 0.163. The lowest BCUT2D eigenvalue weighted by Crippen LogP contribution is -2.20. The molecule has 0 saturated heterocycles. The van der Waals surface area contributed by atoms with Crippen molar-refractivity contribution in [2.75, 3.05) is 19.0 Å². The number of rotatable bonds is 3. The van der Waals surface area contributed by atoms with E-state index in [0.29, 0.717) is 0 Å². The van der Waals surface area contributed by atoms with Crippen LogP contribution in [-0.2, 0) is 0 Å². The number of hydrogen-bond acceptors (Lipinski definition) is 4. The topological polar surface area (TPSA) is 81.3 Å². The normalized spacial score (nSPS) is 10.8. The molecular weight excluding hydrogens is 244 g/mol. The molecular formula is C13H14N4O2. The Bertz CT molecular complexity index is 696. The first-order chi connectivity index (χ1) is 9.06. The third-order valence-corrected chi connectivity index (χ3v) is 2.56. The maximum Gasteiger partial charge on any atom is 0.325 e. The molecule has 0 radical (unpaired) electrons. The predicted molar refractivity (Wildman–Crippen MR) is 75.7 cm³/mol. The Morgan fingerprint density at radius 1 is 1.16 bits per heavy atom. The second kappa shape index (κ2) is 5.34. The number of aromatic nitrogens is 2. The summed E-state index contributed by atoms with van der Waals surface area (Å²) in [5, 5.41) is 0. The van der Waals surface area contributed by atoms with Crippen molar-refractivity contribution in [3.63, 3.8) is 0 Å². The van der Waals surface area contributed by atoms with Crippen LogP contribution in [0.2, 0.25) is 0 Å². The molecule has 0 unspecified atom stereocenters.